The minimum absolute atomic E-state index is 0.127. The Morgan fingerprint density at radius 1 is 1.78 bits per heavy atom. The number of hydrogen-bond donors (Lipinski definition) is 1. The predicted octanol–water partition coefficient (Wildman–Crippen LogP) is 0.288. The first-order valence-electron chi connectivity index (χ1n) is 3.04. The van der Waals surface area contributed by atoms with Gasteiger partial charge in [0.1, 0.15) is 0 Å². The fourth-order valence-corrected chi connectivity index (χ4v) is 0.897. The lowest BCUT2D eigenvalue weighted by Crippen LogP contribution is -2.23. The van der Waals surface area contributed by atoms with Gasteiger partial charge in [-0.15, -0.1) is 5.92 Å². The van der Waals surface area contributed by atoms with E-state index in [1.54, 1.807) is 6.92 Å². The zero-order valence-electron chi connectivity index (χ0n) is 5.40. The molecule has 2 nitrogen and oxygen atoms in total. The minimum atomic E-state index is 0.127. The topological polar surface area (TPSA) is 29.1 Å². The third-order valence-corrected chi connectivity index (χ3v) is 1.31. The number of carbonyl (C=O) groups excluding carboxylic acids is 1. The van der Waals surface area contributed by atoms with Crippen LogP contribution in [0.3, 0.4) is 0 Å². The molecule has 1 aliphatic rings. The maximum atomic E-state index is 10.5. The molecule has 1 rings (SSSR count). The van der Waals surface area contributed by atoms with Crippen molar-refractivity contribution in [2.45, 2.75) is 25.8 Å². The van der Waals surface area contributed by atoms with E-state index in [0.717, 1.165) is 6.42 Å². The van der Waals surface area contributed by atoms with Crippen molar-refractivity contribution >= 4 is 5.91 Å². The third kappa shape index (κ3) is 1.46. The van der Waals surface area contributed by atoms with Gasteiger partial charge in [0.25, 0.3) is 0 Å². The van der Waals surface area contributed by atoms with Crippen molar-refractivity contribution in [2.75, 3.05) is 0 Å². The lowest BCUT2D eigenvalue weighted by Gasteiger charge is -1.96. The van der Waals surface area contributed by atoms with Crippen molar-refractivity contribution in [3.05, 3.63) is 0 Å². The first-order valence-corrected chi connectivity index (χ1v) is 3.04. The molecule has 0 aromatic heterocycles. The highest BCUT2D eigenvalue weighted by molar-refractivity contribution is 5.79. The van der Waals surface area contributed by atoms with Gasteiger partial charge in [0, 0.05) is 6.42 Å². The molecule has 48 valence electrons. The molecule has 1 fully saturated rings. The molecule has 1 saturated heterocycles. The summed E-state index contributed by atoms with van der Waals surface area (Å²) in [5.74, 6) is 5.79. The Bertz CT molecular complexity index is 175. The Labute approximate surface area is 54.6 Å². The second kappa shape index (κ2) is 2.54. The number of carbonyl (C=O) groups is 1. The van der Waals surface area contributed by atoms with E-state index in [1.165, 1.54) is 0 Å². The highest BCUT2D eigenvalue weighted by Gasteiger charge is 2.17. The molecule has 1 N–H and O–H groups in total. The summed E-state index contributed by atoms with van der Waals surface area (Å²) in [6, 6.07) is 0.127. The van der Waals surface area contributed by atoms with E-state index >= 15 is 0 Å². The largest absolute Gasteiger partial charge is 0.342 e. The molecule has 0 radical (unpaired) electrons. The van der Waals surface area contributed by atoms with Crippen LogP contribution in [-0.2, 0) is 4.79 Å². The maximum absolute atomic E-state index is 10.5. The number of nitrogens with one attached hydrogen (secondary N) is 1. The van der Waals surface area contributed by atoms with Gasteiger partial charge in [-0.3, -0.25) is 4.79 Å². The fraction of sp³-hybridized carbons (Fsp3) is 0.571. The fourth-order valence-electron chi connectivity index (χ4n) is 0.897. The molecule has 1 atom stereocenters. The Hall–Kier alpha value is -0.970. The van der Waals surface area contributed by atoms with Gasteiger partial charge in [0.05, 0.1) is 6.04 Å². The zero-order chi connectivity index (χ0) is 6.69. The first kappa shape index (κ1) is 6.15. The normalized spacial score (nSPS) is 24.6. The van der Waals surface area contributed by atoms with Crippen LogP contribution in [0.5, 0.6) is 0 Å². The molecule has 0 saturated carbocycles. The van der Waals surface area contributed by atoms with E-state index in [9.17, 15) is 4.79 Å². The summed E-state index contributed by atoms with van der Waals surface area (Å²) in [4.78, 5) is 10.5. The van der Waals surface area contributed by atoms with Crippen LogP contribution in [-0.4, -0.2) is 11.9 Å². The third-order valence-electron chi connectivity index (χ3n) is 1.31. The highest BCUT2D eigenvalue weighted by Crippen LogP contribution is 2.04. The molecule has 1 heterocycles. The van der Waals surface area contributed by atoms with Crippen molar-refractivity contribution in [2.24, 2.45) is 0 Å². The molecule has 9 heavy (non-hydrogen) atoms. The van der Waals surface area contributed by atoms with Crippen molar-refractivity contribution in [1.82, 2.24) is 5.32 Å². The van der Waals surface area contributed by atoms with E-state index in [0.29, 0.717) is 6.42 Å². The van der Waals surface area contributed by atoms with Gasteiger partial charge in [-0.25, -0.2) is 0 Å². The van der Waals surface area contributed by atoms with Crippen LogP contribution in [0.4, 0.5) is 0 Å². The van der Waals surface area contributed by atoms with E-state index in [2.05, 4.69) is 17.2 Å². The molecule has 1 aliphatic heterocycles. The van der Waals surface area contributed by atoms with Gasteiger partial charge in [-0.2, -0.15) is 0 Å². The predicted molar refractivity (Wildman–Crippen MR) is 34.6 cm³/mol. The van der Waals surface area contributed by atoms with Gasteiger partial charge < -0.3 is 5.32 Å². The van der Waals surface area contributed by atoms with Gasteiger partial charge in [-0.05, 0) is 13.3 Å². The summed E-state index contributed by atoms with van der Waals surface area (Å²) < 4.78 is 0. The summed E-state index contributed by atoms with van der Waals surface area (Å²) in [5, 5.41) is 2.74. The second-order valence-electron chi connectivity index (χ2n) is 2.05. The lowest BCUT2D eigenvalue weighted by atomic mass is 10.2. The van der Waals surface area contributed by atoms with Crippen LogP contribution >= 0.6 is 0 Å². The Balaban J connectivity index is 2.45. The number of hydrogen-bond acceptors (Lipinski definition) is 1. The molecule has 0 aromatic carbocycles. The Morgan fingerprint density at radius 3 is 3.00 bits per heavy atom. The van der Waals surface area contributed by atoms with Gasteiger partial charge >= 0.3 is 0 Å². The summed E-state index contributed by atoms with van der Waals surface area (Å²) in [5.41, 5.74) is 0. The molecule has 0 aliphatic carbocycles. The molecule has 0 bridgehead atoms. The average molecular weight is 123 g/mol. The van der Waals surface area contributed by atoms with E-state index in [4.69, 9.17) is 0 Å². The quantitative estimate of drug-likeness (QED) is 0.461. The van der Waals surface area contributed by atoms with Crippen LogP contribution in [0.15, 0.2) is 0 Å². The van der Waals surface area contributed by atoms with Gasteiger partial charge in [0.15, 0.2) is 0 Å². The van der Waals surface area contributed by atoms with Gasteiger partial charge in [-0.1, -0.05) is 5.92 Å². The van der Waals surface area contributed by atoms with E-state index in [-0.39, 0.29) is 11.9 Å². The standard InChI is InChI=1S/C7H9NO/c1-2-3-6-4-5-7(9)8-6/h6H,4-5H2,1H3,(H,8,9). The Morgan fingerprint density at radius 2 is 2.56 bits per heavy atom. The van der Waals surface area contributed by atoms with Gasteiger partial charge in [0.2, 0.25) is 5.91 Å². The first-order chi connectivity index (χ1) is 4.33. The minimum Gasteiger partial charge on any atom is -0.342 e. The van der Waals surface area contributed by atoms with Crippen molar-refractivity contribution in [3.8, 4) is 11.8 Å². The van der Waals surface area contributed by atoms with Crippen molar-refractivity contribution in [3.63, 3.8) is 0 Å². The van der Waals surface area contributed by atoms with E-state index < -0.39 is 0 Å². The van der Waals surface area contributed by atoms with Crippen LogP contribution < -0.4 is 5.32 Å². The molecule has 1 amide bonds. The smallest absolute Gasteiger partial charge is 0.221 e. The van der Waals surface area contributed by atoms with Crippen LogP contribution in [0.2, 0.25) is 0 Å². The average Bonchev–Trinajstić information content (AvgIpc) is 2.17. The van der Waals surface area contributed by atoms with Crippen molar-refractivity contribution < 1.29 is 4.79 Å². The van der Waals surface area contributed by atoms with Crippen LogP contribution in [0.25, 0.3) is 0 Å². The van der Waals surface area contributed by atoms with Crippen LogP contribution in [0, 0.1) is 11.8 Å². The zero-order valence-corrected chi connectivity index (χ0v) is 5.40. The molecular weight excluding hydrogens is 114 g/mol. The summed E-state index contributed by atoms with van der Waals surface area (Å²) in [7, 11) is 0. The molecule has 1 unspecified atom stereocenters. The Kier molecular flexibility index (Phi) is 1.74. The second-order valence-corrected chi connectivity index (χ2v) is 2.05. The van der Waals surface area contributed by atoms with E-state index in [1.807, 2.05) is 0 Å². The summed E-state index contributed by atoms with van der Waals surface area (Å²) >= 11 is 0. The lowest BCUT2D eigenvalue weighted by molar-refractivity contribution is -0.119. The summed E-state index contributed by atoms with van der Waals surface area (Å²) in [6.45, 7) is 1.78. The number of rotatable bonds is 0. The SMILES string of the molecule is CC#CC1CCC(=O)N1. The van der Waals surface area contributed by atoms with Crippen LogP contribution in [0.1, 0.15) is 19.8 Å². The molecule has 0 spiro atoms. The van der Waals surface area contributed by atoms with Crippen molar-refractivity contribution in [1.29, 1.82) is 0 Å². The molecule has 2 heteroatoms. The highest BCUT2D eigenvalue weighted by atomic mass is 16.1. The maximum Gasteiger partial charge on any atom is 0.221 e. The number of amides is 1. The monoisotopic (exact) mass is 123 g/mol. The molecule has 0 aromatic rings. The molecular formula is C7H9NO. The summed E-state index contributed by atoms with van der Waals surface area (Å²) in [6.07, 6.45) is 1.51.